The summed E-state index contributed by atoms with van der Waals surface area (Å²) in [7, 11) is 0. The molecule has 4 nitrogen and oxygen atoms in total. The Morgan fingerprint density at radius 3 is 2.62 bits per heavy atom. The number of nitrogens with zero attached hydrogens (tertiary/aromatic N) is 2. The standard InChI is InChI=1S/C9H17N3O/c1-2-8(10)11-7-9(13)12-5-3-4-6-12/h2-7H2,1H3,(H2,10,11). The SMILES string of the molecule is CCC(N)=NCC(=O)N1CCCC1. The van der Waals surface area contributed by atoms with Crippen molar-refractivity contribution in [2.75, 3.05) is 19.6 Å². The van der Waals surface area contributed by atoms with Gasteiger partial charge in [0.15, 0.2) is 0 Å². The molecule has 0 bridgehead atoms. The third-order valence-corrected chi connectivity index (χ3v) is 2.24. The molecule has 0 unspecified atom stereocenters. The number of amides is 1. The molecule has 1 rings (SSSR count). The second-order valence-electron chi connectivity index (χ2n) is 3.25. The van der Waals surface area contributed by atoms with E-state index in [1.165, 1.54) is 0 Å². The number of carbonyl (C=O) groups excluding carboxylic acids is 1. The minimum atomic E-state index is 0.105. The van der Waals surface area contributed by atoms with E-state index >= 15 is 0 Å². The van der Waals surface area contributed by atoms with Gasteiger partial charge in [0.25, 0.3) is 0 Å². The summed E-state index contributed by atoms with van der Waals surface area (Å²) in [6.45, 7) is 3.93. The van der Waals surface area contributed by atoms with E-state index < -0.39 is 0 Å². The van der Waals surface area contributed by atoms with Crippen molar-refractivity contribution in [1.29, 1.82) is 0 Å². The van der Waals surface area contributed by atoms with Crippen LogP contribution in [0.3, 0.4) is 0 Å². The Kier molecular flexibility index (Phi) is 3.73. The predicted octanol–water partition coefficient (Wildman–Crippen LogP) is 0.376. The summed E-state index contributed by atoms with van der Waals surface area (Å²) >= 11 is 0. The van der Waals surface area contributed by atoms with Crippen LogP contribution in [0.5, 0.6) is 0 Å². The maximum atomic E-state index is 11.4. The van der Waals surface area contributed by atoms with E-state index in [1.54, 1.807) is 0 Å². The number of rotatable bonds is 3. The molecule has 0 aromatic rings. The molecule has 0 atom stereocenters. The molecule has 0 saturated carbocycles. The number of amidine groups is 1. The first-order valence-electron chi connectivity index (χ1n) is 4.80. The molecule has 1 aliphatic heterocycles. The maximum Gasteiger partial charge on any atom is 0.244 e. The average Bonchev–Trinajstić information content (AvgIpc) is 2.66. The lowest BCUT2D eigenvalue weighted by atomic mass is 10.4. The maximum absolute atomic E-state index is 11.4. The van der Waals surface area contributed by atoms with Gasteiger partial charge >= 0.3 is 0 Å². The molecule has 1 saturated heterocycles. The molecule has 13 heavy (non-hydrogen) atoms. The summed E-state index contributed by atoms with van der Waals surface area (Å²) in [6, 6.07) is 0. The predicted molar refractivity (Wildman–Crippen MR) is 52.6 cm³/mol. The lowest BCUT2D eigenvalue weighted by Gasteiger charge is -2.13. The zero-order chi connectivity index (χ0) is 9.68. The van der Waals surface area contributed by atoms with Crippen LogP contribution in [0, 0.1) is 0 Å². The van der Waals surface area contributed by atoms with E-state index in [1.807, 2.05) is 11.8 Å². The number of carbonyl (C=O) groups is 1. The third-order valence-electron chi connectivity index (χ3n) is 2.24. The molecule has 0 radical (unpaired) electrons. The number of nitrogens with two attached hydrogens (primary N) is 1. The van der Waals surface area contributed by atoms with Crippen molar-refractivity contribution in [3.05, 3.63) is 0 Å². The fourth-order valence-corrected chi connectivity index (χ4v) is 1.35. The minimum Gasteiger partial charge on any atom is -0.387 e. The highest BCUT2D eigenvalue weighted by Gasteiger charge is 2.16. The Balaban J connectivity index is 2.32. The second-order valence-corrected chi connectivity index (χ2v) is 3.25. The summed E-state index contributed by atoms with van der Waals surface area (Å²) < 4.78 is 0. The zero-order valence-corrected chi connectivity index (χ0v) is 8.12. The summed E-state index contributed by atoms with van der Waals surface area (Å²) in [6.07, 6.45) is 2.96. The van der Waals surface area contributed by atoms with Crippen LogP contribution in [-0.2, 0) is 4.79 Å². The van der Waals surface area contributed by atoms with Crippen molar-refractivity contribution in [2.24, 2.45) is 10.7 Å². The Hall–Kier alpha value is -1.06. The van der Waals surface area contributed by atoms with E-state index in [-0.39, 0.29) is 12.5 Å². The van der Waals surface area contributed by atoms with Gasteiger partial charge in [-0.05, 0) is 12.8 Å². The first kappa shape index (κ1) is 10.0. The highest BCUT2D eigenvalue weighted by Crippen LogP contribution is 2.07. The van der Waals surface area contributed by atoms with E-state index in [0.29, 0.717) is 12.3 Å². The quantitative estimate of drug-likeness (QED) is 0.508. The summed E-state index contributed by atoms with van der Waals surface area (Å²) in [5.41, 5.74) is 5.50. The Bertz CT molecular complexity index is 207. The fourth-order valence-electron chi connectivity index (χ4n) is 1.35. The van der Waals surface area contributed by atoms with Gasteiger partial charge < -0.3 is 10.6 Å². The smallest absolute Gasteiger partial charge is 0.244 e. The number of aliphatic imine (C=N–C) groups is 1. The zero-order valence-electron chi connectivity index (χ0n) is 8.12. The Morgan fingerprint density at radius 2 is 2.08 bits per heavy atom. The van der Waals surface area contributed by atoms with Gasteiger partial charge in [-0.2, -0.15) is 0 Å². The van der Waals surface area contributed by atoms with Gasteiger partial charge in [-0.15, -0.1) is 0 Å². The van der Waals surface area contributed by atoms with Crippen molar-refractivity contribution < 1.29 is 4.79 Å². The van der Waals surface area contributed by atoms with Crippen molar-refractivity contribution in [2.45, 2.75) is 26.2 Å². The van der Waals surface area contributed by atoms with Crippen LogP contribution < -0.4 is 5.73 Å². The van der Waals surface area contributed by atoms with Crippen LogP contribution in [0.2, 0.25) is 0 Å². The summed E-state index contributed by atoms with van der Waals surface area (Å²) in [5, 5.41) is 0. The monoisotopic (exact) mass is 183 g/mol. The van der Waals surface area contributed by atoms with Gasteiger partial charge in [0.2, 0.25) is 5.91 Å². The molecule has 1 fully saturated rings. The van der Waals surface area contributed by atoms with Crippen LogP contribution in [-0.4, -0.2) is 36.3 Å². The first-order chi connectivity index (χ1) is 6.24. The Labute approximate surface area is 78.8 Å². The van der Waals surface area contributed by atoms with Crippen LogP contribution in [0.15, 0.2) is 4.99 Å². The van der Waals surface area contributed by atoms with Crippen molar-refractivity contribution in [3.63, 3.8) is 0 Å². The first-order valence-corrected chi connectivity index (χ1v) is 4.80. The van der Waals surface area contributed by atoms with Gasteiger partial charge in [0, 0.05) is 19.5 Å². The van der Waals surface area contributed by atoms with Gasteiger partial charge in [0.1, 0.15) is 6.54 Å². The molecule has 0 spiro atoms. The van der Waals surface area contributed by atoms with Crippen molar-refractivity contribution in [1.82, 2.24) is 4.90 Å². The van der Waals surface area contributed by atoms with Gasteiger partial charge in [-0.25, -0.2) is 0 Å². The third kappa shape index (κ3) is 3.05. The molecule has 74 valence electrons. The summed E-state index contributed by atoms with van der Waals surface area (Å²) in [5.74, 6) is 0.668. The molecule has 1 aliphatic rings. The average molecular weight is 183 g/mol. The van der Waals surface area contributed by atoms with Crippen molar-refractivity contribution >= 4 is 11.7 Å². The van der Waals surface area contributed by atoms with Crippen molar-refractivity contribution in [3.8, 4) is 0 Å². The van der Waals surface area contributed by atoms with Gasteiger partial charge in [0.05, 0.1) is 5.84 Å². The van der Waals surface area contributed by atoms with E-state index in [9.17, 15) is 4.79 Å². The van der Waals surface area contributed by atoms with Crippen LogP contribution in [0.1, 0.15) is 26.2 Å². The molecular formula is C9H17N3O. The minimum absolute atomic E-state index is 0.105. The fraction of sp³-hybridized carbons (Fsp3) is 0.778. The van der Waals surface area contributed by atoms with Crippen LogP contribution in [0.4, 0.5) is 0 Å². The van der Waals surface area contributed by atoms with E-state index in [2.05, 4.69) is 4.99 Å². The highest BCUT2D eigenvalue weighted by molar-refractivity contribution is 5.85. The normalized spacial score (nSPS) is 17.9. The molecule has 4 heteroatoms. The van der Waals surface area contributed by atoms with Crippen LogP contribution >= 0.6 is 0 Å². The number of likely N-dealkylation sites (tertiary alicyclic amines) is 1. The number of hydrogen-bond acceptors (Lipinski definition) is 2. The second kappa shape index (κ2) is 4.84. The number of hydrogen-bond donors (Lipinski definition) is 1. The molecule has 1 amide bonds. The van der Waals surface area contributed by atoms with Gasteiger partial charge in [-0.1, -0.05) is 6.92 Å². The lowest BCUT2D eigenvalue weighted by molar-refractivity contribution is -0.128. The van der Waals surface area contributed by atoms with Crippen LogP contribution in [0.25, 0.3) is 0 Å². The summed E-state index contributed by atoms with van der Waals surface area (Å²) in [4.78, 5) is 17.3. The molecule has 0 aromatic heterocycles. The molecule has 0 aromatic carbocycles. The van der Waals surface area contributed by atoms with E-state index in [4.69, 9.17) is 5.73 Å². The molecular weight excluding hydrogens is 166 g/mol. The molecule has 2 N–H and O–H groups in total. The Morgan fingerprint density at radius 1 is 1.46 bits per heavy atom. The molecule has 1 heterocycles. The van der Waals surface area contributed by atoms with E-state index in [0.717, 1.165) is 25.9 Å². The van der Waals surface area contributed by atoms with Gasteiger partial charge in [-0.3, -0.25) is 9.79 Å². The highest BCUT2D eigenvalue weighted by atomic mass is 16.2. The lowest BCUT2D eigenvalue weighted by Crippen LogP contribution is -2.30. The molecule has 0 aliphatic carbocycles. The topological polar surface area (TPSA) is 58.7 Å². The largest absolute Gasteiger partial charge is 0.387 e.